The van der Waals surface area contributed by atoms with Crippen LogP contribution < -0.4 is 88.7 Å². The van der Waals surface area contributed by atoms with Gasteiger partial charge in [-0.2, -0.15) is 8.42 Å². The minimum Gasteiger partial charge on any atom is -0.870 e. The van der Waals surface area contributed by atoms with Crippen LogP contribution in [0.3, 0.4) is 0 Å². The second-order valence-corrected chi connectivity index (χ2v) is 3.55. The number of alkyl halides is 2. The Morgan fingerprint density at radius 2 is 1.12 bits per heavy atom. The standard InChI is InChI=1S/C3H5FO2.C2H3FO2.F2O2S.FHO3S.3Na.H2O/c1-6-3(5)2-4;3-1-2(4)5;2*1-5(2,3)4;;;;/h2H2,1H3;1H2,(H,4,5);;(H,2,3,4);;;;1H2/q;;;;3*+1;/p-2. The van der Waals surface area contributed by atoms with E-state index in [1.165, 1.54) is 0 Å². The molecule has 0 radical (unpaired) electrons. The zero-order chi connectivity index (χ0) is 18.3. The van der Waals surface area contributed by atoms with Gasteiger partial charge in [0.05, 0.1) is 7.11 Å². The van der Waals surface area contributed by atoms with Crippen molar-refractivity contribution in [1.82, 2.24) is 0 Å². The Labute approximate surface area is 206 Å². The summed E-state index contributed by atoms with van der Waals surface area (Å²) in [5, 5.41) is 7.35. The topological polar surface area (TPSA) is 185 Å². The molecule has 0 aliphatic rings. The molecule has 25 heavy (non-hydrogen) atoms. The fourth-order valence-corrected chi connectivity index (χ4v) is 0.0546. The number of ether oxygens (including phenoxy) is 1. The smallest absolute Gasteiger partial charge is 0.870 e. The number of esters is 1. The maximum Gasteiger partial charge on any atom is 1.00 e. The fraction of sp³-hybridized carbons (Fsp3) is 0.600. The van der Waals surface area contributed by atoms with Crippen molar-refractivity contribution in [3.05, 3.63) is 0 Å². The first-order chi connectivity index (χ1) is 9.08. The number of carbonyl (C=O) groups is 2. The van der Waals surface area contributed by atoms with Crippen LogP contribution in [-0.2, 0) is 35.4 Å². The van der Waals surface area contributed by atoms with Gasteiger partial charge in [-0.15, -0.1) is 3.89 Å². The Hall–Kier alpha value is 1.41. The normalized spacial score (nSPS) is 7.96. The predicted octanol–water partition coefficient (Wildman–Crippen LogP) is -9.41. The van der Waals surface area contributed by atoms with Crippen LogP contribution in [0.5, 0.6) is 0 Å². The molecule has 0 heterocycles. The van der Waals surface area contributed by atoms with Gasteiger partial charge in [0.15, 0.2) is 13.3 Å². The summed E-state index contributed by atoms with van der Waals surface area (Å²) in [7, 11) is -9.94. The van der Waals surface area contributed by atoms with Crippen LogP contribution in [0, 0.1) is 0 Å². The van der Waals surface area contributed by atoms with Crippen LogP contribution in [0.2, 0.25) is 0 Å². The van der Waals surface area contributed by atoms with Crippen LogP contribution in [0.1, 0.15) is 0 Å². The molecule has 0 spiro atoms. The van der Waals surface area contributed by atoms with E-state index >= 15 is 0 Å². The summed E-state index contributed by atoms with van der Waals surface area (Å²) in [4.78, 5) is 18.6. The van der Waals surface area contributed by atoms with Crippen molar-refractivity contribution in [3.63, 3.8) is 0 Å². The van der Waals surface area contributed by atoms with Crippen molar-refractivity contribution in [2.24, 2.45) is 0 Å². The maximum atomic E-state index is 10.9. The Kier molecular flexibility index (Phi) is 60.7. The first-order valence-electron chi connectivity index (χ1n) is 3.78. The number of methoxy groups -OCH3 is 1. The molecule has 0 aliphatic heterocycles. The number of aliphatic carboxylic acids is 1. The van der Waals surface area contributed by atoms with Gasteiger partial charge in [-0.1, -0.05) is 7.77 Å². The molecule has 0 atom stereocenters. The van der Waals surface area contributed by atoms with Gasteiger partial charge >= 0.3 is 111 Å². The third kappa shape index (κ3) is 254. The van der Waals surface area contributed by atoms with Crippen molar-refractivity contribution in [1.29, 1.82) is 0 Å². The number of hydrogen-bond donors (Lipinski definition) is 1. The Morgan fingerprint density at radius 3 is 1.12 bits per heavy atom. The molecular weight excluding hydrogens is 448 g/mol. The minimum absolute atomic E-state index is 0. The molecule has 0 unspecified atom stereocenters. The molecule has 0 aliphatic carbocycles. The summed E-state index contributed by atoms with van der Waals surface area (Å²) in [5.74, 6) is -2.24. The van der Waals surface area contributed by atoms with E-state index in [0.29, 0.717) is 0 Å². The average Bonchev–Trinajstić information content (AvgIpc) is 2.24. The molecule has 138 valence electrons. The third-order valence-electron chi connectivity index (χ3n) is 0.451. The van der Waals surface area contributed by atoms with E-state index in [2.05, 4.69) is 4.74 Å². The van der Waals surface area contributed by atoms with Gasteiger partial charge in [0.25, 0.3) is 10.5 Å². The number of carboxylic acid groups (broad SMARTS) is 1. The molecule has 20 heteroatoms. The monoisotopic (exact) mass is 457 g/mol. The first kappa shape index (κ1) is 50.3. The van der Waals surface area contributed by atoms with Gasteiger partial charge < -0.3 is 19.9 Å². The van der Waals surface area contributed by atoms with Gasteiger partial charge in [0, 0.05) is 0 Å². The number of carboxylic acids is 1. The maximum absolute atomic E-state index is 10.9. The molecule has 0 fully saturated rings. The molecule has 0 aromatic carbocycles. The summed E-state index contributed by atoms with van der Waals surface area (Å²) in [6.07, 6.45) is 0. The number of hydrogen-bond acceptors (Lipinski definition) is 9. The second-order valence-electron chi connectivity index (χ2n) is 2.01. The van der Waals surface area contributed by atoms with E-state index in [4.69, 9.17) is 31.3 Å². The van der Waals surface area contributed by atoms with Gasteiger partial charge in [-0.3, -0.25) is 0 Å². The molecular formula is C5H9F5Na3O10S2+. The van der Waals surface area contributed by atoms with Crippen molar-refractivity contribution < 1.29 is 155 Å². The van der Waals surface area contributed by atoms with Crippen LogP contribution >= 0.6 is 0 Å². The molecule has 0 saturated heterocycles. The van der Waals surface area contributed by atoms with Crippen molar-refractivity contribution in [2.45, 2.75) is 0 Å². The molecule has 0 aromatic rings. The van der Waals surface area contributed by atoms with Crippen LogP contribution in [0.25, 0.3) is 0 Å². The fourth-order valence-electron chi connectivity index (χ4n) is 0.0546. The summed E-state index contributed by atoms with van der Waals surface area (Å²) < 4.78 is 97.2. The summed E-state index contributed by atoms with van der Waals surface area (Å²) in [6, 6.07) is 0. The van der Waals surface area contributed by atoms with E-state index in [0.717, 1.165) is 7.11 Å². The largest absolute Gasteiger partial charge is 1.00 e. The first-order valence-corrected chi connectivity index (χ1v) is 6.37. The van der Waals surface area contributed by atoms with Crippen LogP contribution in [-0.4, -0.2) is 64.4 Å². The molecule has 0 aromatic heterocycles. The number of rotatable bonds is 2. The van der Waals surface area contributed by atoms with Crippen molar-refractivity contribution in [2.75, 3.05) is 20.5 Å². The molecule has 10 nitrogen and oxygen atoms in total. The summed E-state index contributed by atoms with van der Waals surface area (Å²) >= 11 is 0. The summed E-state index contributed by atoms with van der Waals surface area (Å²) in [6.45, 7) is -2.31. The minimum atomic E-state index is -5.67. The molecule has 0 rings (SSSR count). The van der Waals surface area contributed by atoms with E-state index in [1.807, 2.05) is 0 Å². The Morgan fingerprint density at radius 1 is 0.960 bits per heavy atom. The van der Waals surface area contributed by atoms with Gasteiger partial charge in [0.1, 0.15) is 0 Å². The Bertz CT molecular complexity index is 435. The van der Waals surface area contributed by atoms with Gasteiger partial charge in [-0.05, 0) is 0 Å². The van der Waals surface area contributed by atoms with Crippen molar-refractivity contribution in [3.8, 4) is 0 Å². The van der Waals surface area contributed by atoms with Gasteiger partial charge in [0.2, 0.25) is 0 Å². The summed E-state index contributed by atoms with van der Waals surface area (Å²) in [5.41, 5.74) is 0. The predicted molar refractivity (Wildman–Crippen MR) is 55.5 cm³/mol. The van der Waals surface area contributed by atoms with E-state index in [9.17, 15) is 25.2 Å². The Balaban J connectivity index is -0.0000000245. The zero-order valence-corrected chi connectivity index (χ0v) is 20.9. The second kappa shape index (κ2) is 30.1. The zero-order valence-electron chi connectivity index (χ0n) is 13.3. The van der Waals surface area contributed by atoms with Crippen molar-refractivity contribution >= 4 is 33.1 Å². The number of carbonyl (C=O) groups excluding carboxylic acids is 1. The molecule has 0 amide bonds. The van der Waals surface area contributed by atoms with E-state index in [-0.39, 0.29) is 94.1 Å². The molecule has 0 bridgehead atoms. The van der Waals surface area contributed by atoms with Gasteiger partial charge in [-0.25, -0.2) is 26.8 Å². The molecule has 0 saturated carbocycles. The van der Waals surface area contributed by atoms with Crippen LogP contribution in [0.4, 0.5) is 20.4 Å². The molecule has 2 N–H and O–H groups in total. The van der Waals surface area contributed by atoms with E-state index < -0.39 is 46.4 Å². The number of halogens is 5. The third-order valence-corrected chi connectivity index (χ3v) is 0.451. The quantitative estimate of drug-likeness (QED) is 0.137. The van der Waals surface area contributed by atoms with E-state index in [1.54, 1.807) is 0 Å². The van der Waals surface area contributed by atoms with Crippen LogP contribution in [0.15, 0.2) is 0 Å². The SMILES string of the molecule is COC(=O)CF.O=C(O)CF.O=S(=O)(F)F.O=S(=O)([O-])F.[Na+].[Na+].[Na+].[OH-]. The average molecular weight is 457 g/mol.